The zero-order valence-electron chi connectivity index (χ0n) is 22.6. The van der Waals surface area contributed by atoms with Gasteiger partial charge in [-0.1, -0.05) is 60.7 Å². The molecule has 0 heterocycles. The van der Waals surface area contributed by atoms with E-state index in [-0.39, 0.29) is 25.5 Å². The molecular formula is C30H36F2N2O7. The van der Waals surface area contributed by atoms with Crippen LogP contribution in [-0.2, 0) is 22.8 Å². The van der Waals surface area contributed by atoms with Crippen molar-refractivity contribution in [3.63, 3.8) is 0 Å². The molecule has 3 rings (SSSR count). The van der Waals surface area contributed by atoms with Crippen LogP contribution >= 0.6 is 0 Å². The molecule has 4 atom stereocenters. The zero-order valence-corrected chi connectivity index (χ0v) is 22.6. The lowest BCUT2D eigenvalue weighted by molar-refractivity contribution is -0.763. The van der Waals surface area contributed by atoms with Crippen molar-refractivity contribution in [1.29, 1.82) is 0 Å². The quantitative estimate of drug-likeness (QED) is 0.114. The van der Waals surface area contributed by atoms with Gasteiger partial charge in [0.1, 0.15) is 12.4 Å². The van der Waals surface area contributed by atoms with Gasteiger partial charge in [-0.15, -0.1) is 10.1 Å². The molecule has 9 nitrogen and oxygen atoms in total. The molecule has 0 aliphatic heterocycles. The van der Waals surface area contributed by atoms with Crippen molar-refractivity contribution in [2.45, 2.75) is 63.4 Å². The van der Waals surface area contributed by atoms with Crippen LogP contribution in [0.25, 0.3) is 0 Å². The van der Waals surface area contributed by atoms with Gasteiger partial charge in [0.25, 0.3) is 11.0 Å². The van der Waals surface area contributed by atoms with Gasteiger partial charge < -0.3 is 25.1 Å². The van der Waals surface area contributed by atoms with E-state index in [4.69, 9.17) is 4.74 Å². The molecule has 0 bridgehead atoms. The van der Waals surface area contributed by atoms with Crippen LogP contribution in [0.1, 0.15) is 43.2 Å². The summed E-state index contributed by atoms with van der Waals surface area (Å²) in [4.78, 5) is 26.9. The van der Waals surface area contributed by atoms with E-state index in [0.29, 0.717) is 37.0 Å². The Labute approximate surface area is 237 Å². The van der Waals surface area contributed by atoms with E-state index < -0.39 is 41.7 Å². The summed E-state index contributed by atoms with van der Waals surface area (Å²) in [7, 11) is 0. The first-order valence-electron chi connectivity index (χ1n) is 13.5. The summed E-state index contributed by atoms with van der Waals surface area (Å²) in [5.74, 6) is -4.06. The van der Waals surface area contributed by atoms with Gasteiger partial charge in [-0.05, 0) is 54.5 Å². The average Bonchev–Trinajstić information content (AvgIpc) is 3.22. The average molecular weight is 575 g/mol. The SMILES string of the molecule is O=C(CCC/C=C\C[C@@H]1[C@@H](/C=C/C(F)(F)COc2ccccc2)[C@H](O)C[C@@H]1O)NCc1cccc(CO[N+](=O)[O-])c1. The largest absolute Gasteiger partial charge is 0.487 e. The Balaban J connectivity index is 1.38. The van der Waals surface area contributed by atoms with Gasteiger partial charge >= 0.3 is 0 Å². The molecule has 2 aromatic rings. The first-order chi connectivity index (χ1) is 19.6. The van der Waals surface area contributed by atoms with E-state index in [1.807, 2.05) is 12.2 Å². The van der Waals surface area contributed by atoms with E-state index >= 15 is 0 Å². The fourth-order valence-corrected chi connectivity index (χ4v) is 4.70. The third-order valence-electron chi connectivity index (χ3n) is 6.82. The van der Waals surface area contributed by atoms with E-state index in [1.54, 1.807) is 54.6 Å². The van der Waals surface area contributed by atoms with Crippen LogP contribution in [-0.4, -0.2) is 45.9 Å². The minimum Gasteiger partial charge on any atom is -0.487 e. The van der Waals surface area contributed by atoms with Crippen LogP contribution in [0.15, 0.2) is 78.9 Å². The molecule has 1 aliphatic carbocycles. The zero-order chi connectivity index (χ0) is 29.7. The number of ether oxygens (including phenoxy) is 1. The number of aliphatic hydroxyl groups is 2. The number of para-hydroxylation sites is 1. The number of hydrogen-bond donors (Lipinski definition) is 3. The highest BCUT2D eigenvalue weighted by molar-refractivity contribution is 5.75. The molecular weight excluding hydrogens is 538 g/mol. The number of hydrogen-bond acceptors (Lipinski definition) is 7. The second-order valence-corrected chi connectivity index (χ2v) is 10.0. The Bertz CT molecular complexity index is 1180. The van der Waals surface area contributed by atoms with Gasteiger partial charge in [0.15, 0.2) is 6.61 Å². The first kappa shape index (κ1) is 31.7. The van der Waals surface area contributed by atoms with Gasteiger partial charge in [-0.2, -0.15) is 8.78 Å². The number of allylic oxidation sites excluding steroid dienone is 2. The summed E-state index contributed by atoms with van der Waals surface area (Å²) in [6.07, 6.45) is 6.04. The monoisotopic (exact) mass is 574 g/mol. The lowest BCUT2D eigenvalue weighted by Gasteiger charge is -2.20. The molecule has 1 saturated carbocycles. The van der Waals surface area contributed by atoms with Crippen molar-refractivity contribution in [3.8, 4) is 5.75 Å². The molecule has 0 spiro atoms. The smallest absolute Gasteiger partial charge is 0.299 e. The number of carbonyl (C=O) groups is 1. The predicted molar refractivity (Wildman–Crippen MR) is 147 cm³/mol. The molecule has 41 heavy (non-hydrogen) atoms. The first-order valence-corrected chi connectivity index (χ1v) is 13.5. The molecule has 0 unspecified atom stereocenters. The summed E-state index contributed by atoms with van der Waals surface area (Å²) in [6.45, 7) is -0.706. The minimum absolute atomic E-state index is 0.117. The van der Waals surface area contributed by atoms with Crippen LogP contribution in [0.4, 0.5) is 8.78 Å². The van der Waals surface area contributed by atoms with Crippen LogP contribution in [0.3, 0.4) is 0 Å². The lowest BCUT2D eigenvalue weighted by atomic mass is 9.89. The van der Waals surface area contributed by atoms with Crippen molar-refractivity contribution >= 4 is 5.91 Å². The minimum atomic E-state index is -3.24. The number of alkyl halides is 2. The maximum atomic E-state index is 14.4. The van der Waals surface area contributed by atoms with E-state index in [1.165, 1.54) is 6.08 Å². The van der Waals surface area contributed by atoms with Crippen LogP contribution in [0.2, 0.25) is 0 Å². The number of halogens is 2. The van der Waals surface area contributed by atoms with Gasteiger partial charge in [-0.25, -0.2) is 0 Å². The van der Waals surface area contributed by atoms with Gasteiger partial charge in [0.2, 0.25) is 5.91 Å². The highest BCUT2D eigenvalue weighted by Gasteiger charge is 2.40. The standard InChI is InChI=1S/C30H36F2N2O7/c31-30(32,21-40-24-11-4-3-5-12-24)16-15-26-25(27(35)18-28(26)36)13-6-1-2-7-14-29(37)33-19-22-9-8-10-23(17-22)20-41-34(38)39/h1,3-6,8-12,15-17,25-28,35-36H,2,7,13-14,18-21H2,(H,33,37)/b6-1-,16-15+/t25-,26-,27+,28-/m1/s1. The van der Waals surface area contributed by atoms with Gasteiger partial charge in [-0.3, -0.25) is 4.79 Å². The molecule has 2 aromatic carbocycles. The molecule has 1 fully saturated rings. The van der Waals surface area contributed by atoms with Crippen molar-refractivity contribution in [3.05, 3.63) is 100 Å². The van der Waals surface area contributed by atoms with Crippen LogP contribution < -0.4 is 10.1 Å². The molecule has 222 valence electrons. The van der Waals surface area contributed by atoms with E-state index in [9.17, 15) is 33.9 Å². The maximum absolute atomic E-state index is 14.4. The van der Waals surface area contributed by atoms with Crippen molar-refractivity contribution in [2.75, 3.05) is 6.61 Å². The highest BCUT2D eigenvalue weighted by Crippen LogP contribution is 2.37. The summed E-state index contributed by atoms with van der Waals surface area (Å²) in [5, 5.41) is 33.0. The molecule has 1 aliphatic rings. The number of nitrogens with one attached hydrogen (secondary N) is 1. The third-order valence-corrected chi connectivity index (χ3v) is 6.82. The number of benzene rings is 2. The number of rotatable bonds is 16. The Morgan fingerprint density at radius 3 is 2.61 bits per heavy atom. The Morgan fingerprint density at radius 2 is 1.85 bits per heavy atom. The number of aliphatic hydroxyl groups excluding tert-OH is 2. The lowest BCUT2D eigenvalue weighted by Crippen LogP contribution is -2.25. The second-order valence-electron chi connectivity index (χ2n) is 10.0. The molecule has 1 amide bonds. The third kappa shape index (κ3) is 11.3. The normalized spacial score (nSPS) is 20.9. The fourth-order valence-electron chi connectivity index (χ4n) is 4.70. The Hall–Kier alpha value is -3.83. The van der Waals surface area contributed by atoms with Gasteiger partial charge in [0.05, 0.1) is 12.2 Å². The highest BCUT2D eigenvalue weighted by atomic mass is 19.3. The summed E-state index contributed by atoms with van der Waals surface area (Å²) in [6, 6.07) is 15.3. The molecule has 11 heteroatoms. The predicted octanol–water partition coefficient (Wildman–Crippen LogP) is 4.76. The van der Waals surface area contributed by atoms with E-state index in [0.717, 1.165) is 11.6 Å². The molecule has 0 saturated heterocycles. The molecule has 0 radical (unpaired) electrons. The number of carbonyl (C=O) groups excluding carboxylic acids is 1. The summed E-state index contributed by atoms with van der Waals surface area (Å²) >= 11 is 0. The maximum Gasteiger partial charge on any atom is 0.299 e. The van der Waals surface area contributed by atoms with Crippen LogP contribution in [0, 0.1) is 22.0 Å². The summed E-state index contributed by atoms with van der Waals surface area (Å²) < 4.78 is 33.9. The fraction of sp³-hybridized carbons (Fsp3) is 0.433. The van der Waals surface area contributed by atoms with Crippen molar-refractivity contribution < 1.29 is 38.4 Å². The Kier molecular flexibility index (Phi) is 12.2. The number of nitrogens with zero attached hydrogens (tertiary/aromatic N) is 1. The van der Waals surface area contributed by atoms with E-state index in [2.05, 4.69) is 10.2 Å². The molecule has 3 N–H and O–H groups in total. The number of unbranched alkanes of at least 4 members (excludes halogenated alkanes) is 1. The van der Waals surface area contributed by atoms with Gasteiger partial charge in [0, 0.05) is 25.3 Å². The topological polar surface area (TPSA) is 131 Å². The number of amides is 1. The summed E-state index contributed by atoms with van der Waals surface area (Å²) in [5.41, 5.74) is 1.42. The Morgan fingerprint density at radius 1 is 1.10 bits per heavy atom. The van der Waals surface area contributed by atoms with Crippen molar-refractivity contribution in [2.24, 2.45) is 11.8 Å². The molecule has 0 aromatic heterocycles. The van der Waals surface area contributed by atoms with Crippen LogP contribution in [0.5, 0.6) is 5.75 Å². The second kappa shape index (κ2) is 15.8. The van der Waals surface area contributed by atoms with Crippen molar-refractivity contribution in [1.82, 2.24) is 5.32 Å².